The first-order valence-electron chi connectivity index (χ1n) is 13.1. The zero-order chi connectivity index (χ0) is 29.3. The van der Waals surface area contributed by atoms with Gasteiger partial charge >= 0.3 is 5.97 Å². The normalized spacial score (nSPS) is 16.4. The van der Waals surface area contributed by atoms with E-state index in [1.54, 1.807) is 36.3 Å². The molecule has 0 bridgehead atoms. The second-order valence-corrected chi connectivity index (χ2v) is 11.1. The van der Waals surface area contributed by atoms with Crippen molar-refractivity contribution in [2.75, 3.05) is 36.6 Å². The van der Waals surface area contributed by atoms with Gasteiger partial charge in [-0.15, -0.1) is 0 Å². The minimum absolute atomic E-state index is 0.0101. The van der Waals surface area contributed by atoms with Gasteiger partial charge in [-0.3, -0.25) is 9.59 Å². The summed E-state index contributed by atoms with van der Waals surface area (Å²) in [5, 5.41) is 10.2. The molecule has 2 aliphatic rings. The van der Waals surface area contributed by atoms with Crippen LogP contribution in [0.15, 0.2) is 53.0 Å². The third-order valence-corrected chi connectivity index (χ3v) is 8.47. The van der Waals surface area contributed by atoms with Crippen molar-refractivity contribution in [2.45, 2.75) is 32.2 Å². The number of fused-ring (bicyclic) bond motifs is 1. The number of carbonyl (C=O) groups is 2. The van der Waals surface area contributed by atoms with Crippen molar-refractivity contribution in [3.8, 4) is 11.5 Å². The van der Waals surface area contributed by atoms with Crippen LogP contribution in [0.2, 0.25) is 0 Å². The highest BCUT2D eigenvalue weighted by molar-refractivity contribution is 9.10. The number of hydrogen-bond acceptors (Lipinski definition) is 5. The molecule has 1 saturated heterocycles. The van der Waals surface area contributed by atoms with Crippen molar-refractivity contribution in [2.24, 2.45) is 5.41 Å². The van der Waals surface area contributed by atoms with E-state index in [1.165, 1.54) is 17.0 Å². The van der Waals surface area contributed by atoms with Gasteiger partial charge in [-0.05, 0) is 71.1 Å². The molecule has 2 aliphatic heterocycles. The molecule has 2 heterocycles. The maximum atomic E-state index is 15.2. The van der Waals surface area contributed by atoms with Crippen molar-refractivity contribution in [1.82, 2.24) is 0 Å². The molecule has 0 aliphatic carbocycles. The Morgan fingerprint density at radius 3 is 2.37 bits per heavy atom. The van der Waals surface area contributed by atoms with E-state index in [0.717, 1.165) is 17.7 Å². The third-order valence-electron chi connectivity index (χ3n) is 7.86. The third kappa shape index (κ3) is 5.72. The summed E-state index contributed by atoms with van der Waals surface area (Å²) < 4.78 is 55.0. The van der Waals surface area contributed by atoms with Gasteiger partial charge < -0.3 is 24.4 Å². The first kappa shape index (κ1) is 28.8. The number of carbonyl (C=O) groups excluding carboxylic acids is 1. The number of ether oxygens (including phenoxy) is 2. The van der Waals surface area contributed by atoms with Gasteiger partial charge in [-0.2, -0.15) is 0 Å². The average molecular weight is 633 g/mol. The van der Waals surface area contributed by atoms with Crippen LogP contribution in [0.25, 0.3) is 0 Å². The molecule has 11 heteroatoms. The van der Waals surface area contributed by atoms with Gasteiger partial charge in [0.15, 0.2) is 0 Å². The van der Waals surface area contributed by atoms with E-state index in [0.29, 0.717) is 17.1 Å². The number of nitrogens with zero attached hydrogens (tertiary/aromatic N) is 2. The fourth-order valence-electron chi connectivity index (χ4n) is 5.40. The molecule has 0 saturated carbocycles. The summed E-state index contributed by atoms with van der Waals surface area (Å²) in [6.45, 7) is 0.314. The summed E-state index contributed by atoms with van der Waals surface area (Å²) in [6.07, 6.45) is 0.662. The number of carboxylic acids is 1. The molecule has 5 rings (SSSR count). The van der Waals surface area contributed by atoms with Crippen LogP contribution in [0, 0.1) is 22.9 Å². The van der Waals surface area contributed by atoms with E-state index >= 15 is 4.39 Å². The van der Waals surface area contributed by atoms with E-state index in [-0.39, 0.29) is 73.7 Å². The average Bonchev–Trinajstić information content (AvgIpc) is 2.96. The molecule has 3 aromatic carbocycles. The Morgan fingerprint density at radius 2 is 1.71 bits per heavy atom. The lowest BCUT2D eigenvalue weighted by molar-refractivity contribution is -0.152. The zero-order valence-corrected chi connectivity index (χ0v) is 23.8. The minimum Gasteiger partial charge on any atom is -0.497 e. The zero-order valence-electron chi connectivity index (χ0n) is 22.3. The fraction of sp³-hybridized carbons (Fsp3) is 0.333. The number of piperidine rings is 1. The number of hydrogen-bond donors (Lipinski definition) is 1. The molecule has 0 atom stereocenters. The molecular formula is C30H28BrF3N2O5. The minimum atomic E-state index is -1.28. The molecule has 0 aromatic heterocycles. The summed E-state index contributed by atoms with van der Waals surface area (Å²) in [7, 11) is 1.55. The van der Waals surface area contributed by atoms with Crippen molar-refractivity contribution in [3.63, 3.8) is 0 Å². The smallest absolute Gasteiger partial charge is 0.313 e. The van der Waals surface area contributed by atoms with E-state index < -0.39 is 28.8 Å². The maximum Gasteiger partial charge on any atom is 0.313 e. The molecule has 216 valence electrons. The van der Waals surface area contributed by atoms with Crippen LogP contribution in [-0.4, -0.2) is 43.8 Å². The van der Waals surface area contributed by atoms with Crippen molar-refractivity contribution in [3.05, 3.63) is 81.6 Å². The molecule has 41 heavy (non-hydrogen) atoms. The SMILES string of the molecule is COc1ccc(CN2C(=O)CCc3c(OCC4(C(=O)O)CCN(c5cc(F)c(Br)cc5F)CC4)ccc(F)c32)cc1. The number of methoxy groups -OCH3 is 1. The van der Waals surface area contributed by atoms with Gasteiger partial charge in [0.2, 0.25) is 5.91 Å². The highest BCUT2D eigenvalue weighted by atomic mass is 79.9. The van der Waals surface area contributed by atoms with Gasteiger partial charge in [0.05, 0.1) is 29.5 Å². The molecule has 1 amide bonds. The summed E-state index contributed by atoms with van der Waals surface area (Å²) >= 11 is 2.97. The van der Waals surface area contributed by atoms with E-state index in [4.69, 9.17) is 9.47 Å². The maximum absolute atomic E-state index is 15.2. The van der Waals surface area contributed by atoms with Gasteiger partial charge in [0, 0.05) is 31.1 Å². The summed E-state index contributed by atoms with van der Waals surface area (Å²) in [6, 6.07) is 11.9. The molecule has 1 N–H and O–H groups in total. The number of aliphatic carboxylic acids is 1. The molecule has 1 fully saturated rings. The van der Waals surface area contributed by atoms with Gasteiger partial charge in [0.1, 0.15) is 41.0 Å². The van der Waals surface area contributed by atoms with E-state index in [1.807, 2.05) is 0 Å². The summed E-state index contributed by atoms with van der Waals surface area (Å²) in [5.41, 5.74) is 0.205. The first-order valence-corrected chi connectivity index (χ1v) is 13.9. The van der Waals surface area contributed by atoms with E-state index in [2.05, 4.69) is 15.9 Å². The Kier molecular flexibility index (Phi) is 8.17. The van der Waals surface area contributed by atoms with Crippen molar-refractivity contribution >= 4 is 39.2 Å². The number of benzene rings is 3. The predicted octanol–water partition coefficient (Wildman–Crippen LogP) is 6.10. The fourth-order valence-corrected chi connectivity index (χ4v) is 5.71. The van der Waals surface area contributed by atoms with Crippen LogP contribution < -0.4 is 19.3 Å². The summed E-state index contributed by atoms with van der Waals surface area (Å²) in [4.78, 5) is 28.3. The molecule has 0 radical (unpaired) electrons. The Bertz CT molecular complexity index is 1480. The monoisotopic (exact) mass is 632 g/mol. The Balaban J connectivity index is 1.34. The Hall–Kier alpha value is -3.73. The van der Waals surface area contributed by atoms with E-state index in [9.17, 15) is 23.5 Å². The molecule has 0 unspecified atom stereocenters. The van der Waals surface area contributed by atoms with Crippen LogP contribution in [0.5, 0.6) is 11.5 Å². The number of anilines is 2. The van der Waals surface area contributed by atoms with Crippen LogP contribution in [-0.2, 0) is 22.6 Å². The van der Waals surface area contributed by atoms with Crippen LogP contribution >= 0.6 is 15.9 Å². The topological polar surface area (TPSA) is 79.3 Å². The number of halogens is 4. The highest BCUT2D eigenvalue weighted by Crippen LogP contribution is 2.41. The predicted molar refractivity (Wildman–Crippen MR) is 150 cm³/mol. The molecule has 7 nitrogen and oxygen atoms in total. The number of carboxylic acid groups (broad SMARTS) is 1. The molecular weight excluding hydrogens is 605 g/mol. The van der Waals surface area contributed by atoms with Crippen LogP contribution in [0.3, 0.4) is 0 Å². The van der Waals surface area contributed by atoms with Crippen LogP contribution in [0.4, 0.5) is 24.5 Å². The molecule has 0 spiro atoms. The highest BCUT2D eigenvalue weighted by Gasteiger charge is 2.43. The Labute approximate surface area is 243 Å². The first-order chi connectivity index (χ1) is 19.6. The lowest BCUT2D eigenvalue weighted by atomic mass is 9.79. The quantitative estimate of drug-likeness (QED) is 0.302. The van der Waals surface area contributed by atoms with Crippen molar-refractivity contribution in [1.29, 1.82) is 0 Å². The summed E-state index contributed by atoms with van der Waals surface area (Å²) in [5.74, 6) is -2.10. The van der Waals surface area contributed by atoms with Gasteiger partial charge in [-0.1, -0.05) is 12.1 Å². The second-order valence-electron chi connectivity index (χ2n) is 10.3. The van der Waals surface area contributed by atoms with Gasteiger partial charge in [0.25, 0.3) is 0 Å². The number of rotatable bonds is 8. The Morgan fingerprint density at radius 1 is 1.00 bits per heavy atom. The lowest BCUT2D eigenvalue weighted by Gasteiger charge is -2.40. The standard InChI is InChI=1S/C30H28BrF3N2O5/c1-40-19-4-2-18(3-5-19)16-36-27(37)9-6-20-26(8-7-22(32)28(20)36)41-17-30(29(38)39)10-12-35(13-11-30)25-15-23(33)21(31)14-24(25)34/h2-5,7-8,14-15H,6,9-13,16-17H2,1H3,(H,38,39). The van der Waals surface area contributed by atoms with Crippen molar-refractivity contribution < 1.29 is 37.3 Å². The largest absolute Gasteiger partial charge is 0.497 e. The lowest BCUT2D eigenvalue weighted by Crippen LogP contribution is -2.48. The van der Waals surface area contributed by atoms with Gasteiger partial charge in [-0.25, -0.2) is 13.2 Å². The second kappa shape index (κ2) is 11.6. The van der Waals surface area contributed by atoms with Crippen LogP contribution in [0.1, 0.15) is 30.4 Å². The number of amides is 1. The molecule has 3 aromatic rings.